The van der Waals surface area contributed by atoms with Crippen LogP contribution in [0.25, 0.3) is 0 Å². The lowest BCUT2D eigenvalue weighted by Gasteiger charge is -2.18. The van der Waals surface area contributed by atoms with E-state index < -0.39 is 0 Å². The maximum absolute atomic E-state index is 8.77. The molecule has 90 valence electrons. The van der Waals surface area contributed by atoms with Gasteiger partial charge in [0.25, 0.3) is 0 Å². The molecule has 2 nitrogen and oxygen atoms in total. The third-order valence-electron chi connectivity index (χ3n) is 2.45. The Balaban J connectivity index is 2.57. The minimum Gasteiger partial charge on any atom is -0.396 e. The topological polar surface area (TPSA) is 32.3 Å². The molecule has 1 aromatic carbocycles. The van der Waals surface area contributed by atoms with Crippen molar-refractivity contribution >= 4 is 11.8 Å². The highest BCUT2D eigenvalue weighted by atomic mass is 32.2. The maximum atomic E-state index is 8.77. The van der Waals surface area contributed by atoms with Gasteiger partial charge in [0.2, 0.25) is 0 Å². The third kappa shape index (κ3) is 4.56. The number of hydrogen-bond acceptors (Lipinski definition) is 3. The fourth-order valence-electron chi connectivity index (χ4n) is 1.58. The lowest BCUT2D eigenvalue weighted by Crippen LogP contribution is -2.23. The standard InChI is InChI=1S/C13H21NOS/c1-3-14-13(10-16-9-8-15)12-6-4-11(2)5-7-12/h4-7,13-15H,3,8-10H2,1-2H3. The van der Waals surface area contributed by atoms with Gasteiger partial charge < -0.3 is 10.4 Å². The number of thioether (sulfide) groups is 1. The van der Waals surface area contributed by atoms with Gasteiger partial charge in [-0.1, -0.05) is 36.8 Å². The van der Waals surface area contributed by atoms with E-state index in [0.29, 0.717) is 6.04 Å². The van der Waals surface area contributed by atoms with Crippen molar-refractivity contribution in [3.05, 3.63) is 35.4 Å². The molecule has 0 saturated heterocycles. The van der Waals surface area contributed by atoms with E-state index in [4.69, 9.17) is 5.11 Å². The largest absolute Gasteiger partial charge is 0.396 e. The second-order valence-electron chi connectivity index (χ2n) is 3.82. The summed E-state index contributed by atoms with van der Waals surface area (Å²) in [5.41, 5.74) is 2.62. The molecular weight excluding hydrogens is 218 g/mol. The molecule has 0 aliphatic rings. The quantitative estimate of drug-likeness (QED) is 0.717. The molecule has 0 saturated carbocycles. The van der Waals surface area contributed by atoms with E-state index in [-0.39, 0.29) is 6.61 Å². The number of aliphatic hydroxyl groups is 1. The summed E-state index contributed by atoms with van der Waals surface area (Å²) in [5, 5.41) is 12.2. The molecule has 1 unspecified atom stereocenters. The van der Waals surface area contributed by atoms with Crippen molar-refractivity contribution in [3.63, 3.8) is 0 Å². The van der Waals surface area contributed by atoms with Crippen LogP contribution >= 0.6 is 11.8 Å². The highest BCUT2D eigenvalue weighted by molar-refractivity contribution is 7.99. The predicted molar refractivity (Wildman–Crippen MR) is 72.0 cm³/mol. The van der Waals surface area contributed by atoms with E-state index in [1.165, 1.54) is 11.1 Å². The number of benzene rings is 1. The fourth-order valence-corrected chi connectivity index (χ4v) is 2.43. The average molecular weight is 239 g/mol. The number of rotatable bonds is 7. The lowest BCUT2D eigenvalue weighted by molar-refractivity contribution is 0.322. The van der Waals surface area contributed by atoms with Crippen LogP contribution in [0.5, 0.6) is 0 Å². The molecule has 0 aliphatic carbocycles. The van der Waals surface area contributed by atoms with Crippen LogP contribution in [0, 0.1) is 6.92 Å². The Hall–Kier alpha value is -0.510. The van der Waals surface area contributed by atoms with Gasteiger partial charge in [-0.15, -0.1) is 0 Å². The van der Waals surface area contributed by atoms with Crippen LogP contribution in [0.2, 0.25) is 0 Å². The van der Waals surface area contributed by atoms with Gasteiger partial charge in [-0.3, -0.25) is 0 Å². The van der Waals surface area contributed by atoms with E-state index in [1.807, 2.05) is 0 Å². The molecule has 16 heavy (non-hydrogen) atoms. The van der Waals surface area contributed by atoms with E-state index >= 15 is 0 Å². The van der Waals surface area contributed by atoms with Crippen molar-refractivity contribution in [2.75, 3.05) is 24.7 Å². The molecule has 0 aromatic heterocycles. The maximum Gasteiger partial charge on any atom is 0.0521 e. The molecular formula is C13H21NOS. The van der Waals surface area contributed by atoms with Gasteiger partial charge in [0, 0.05) is 17.5 Å². The van der Waals surface area contributed by atoms with Gasteiger partial charge in [-0.25, -0.2) is 0 Å². The zero-order chi connectivity index (χ0) is 11.8. The monoisotopic (exact) mass is 239 g/mol. The Morgan fingerprint density at radius 3 is 2.56 bits per heavy atom. The van der Waals surface area contributed by atoms with Gasteiger partial charge in [0.05, 0.1) is 6.61 Å². The second-order valence-corrected chi connectivity index (χ2v) is 4.97. The van der Waals surface area contributed by atoms with Crippen molar-refractivity contribution in [1.29, 1.82) is 0 Å². The molecule has 1 atom stereocenters. The van der Waals surface area contributed by atoms with Crippen molar-refractivity contribution in [1.82, 2.24) is 5.32 Å². The Labute approximate surface area is 102 Å². The molecule has 3 heteroatoms. The smallest absolute Gasteiger partial charge is 0.0521 e. The average Bonchev–Trinajstić information content (AvgIpc) is 2.29. The van der Waals surface area contributed by atoms with Crippen LogP contribution in [0.4, 0.5) is 0 Å². The zero-order valence-corrected chi connectivity index (χ0v) is 10.9. The summed E-state index contributed by atoms with van der Waals surface area (Å²) < 4.78 is 0. The fraction of sp³-hybridized carbons (Fsp3) is 0.538. The number of nitrogens with one attached hydrogen (secondary N) is 1. The molecule has 0 bridgehead atoms. The summed E-state index contributed by atoms with van der Waals surface area (Å²) in [6.45, 7) is 5.46. The summed E-state index contributed by atoms with van der Waals surface area (Å²) in [4.78, 5) is 0. The van der Waals surface area contributed by atoms with Crippen LogP contribution in [-0.4, -0.2) is 29.8 Å². The first-order valence-electron chi connectivity index (χ1n) is 5.76. The van der Waals surface area contributed by atoms with Gasteiger partial charge >= 0.3 is 0 Å². The number of hydrogen-bond donors (Lipinski definition) is 2. The van der Waals surface area contributed by atoms with E-state index in [0.717, 1.165) is 18.1 Å². The van der Waals surface area contributed by atoms with Crippen LogP contribution in [-0.2, 0) is 0 Å². The Morgan fingerprint density at radius 2 is 2.00 bits per heavy atom. The minimum atomic E-state index is 0.261. The van der Waals surface area contributed by atoms with E-state index in [2.05, 4.69) is 43.4 Å². The summed E-state index contributed by atoms with van der Waals surface area (Å²) >= 11 is 1.79. The van der Waals surface area contributed by atoms with Crippen molar-refractivity contribution in [2.24, 2.45) is 0 Å². The highest BCUT2D eigenvalue weighted by Crippen LogP contribution is 2.18. The van der Waals surface area contributed by atoms with Crippen LogP contribution < -0.4 is 5.32 Å². The Morgan fingerprint density at radius 1 is 1.31 bits per heavy atom. The molecule has 0 fully saturated rings. The molecule has 1 rings (SSSR count). The second kappa shape index (κ2) is 7.71. The summed E-state index contributed by atoms with van der Waals surface area (Å²) in [6.07, 6.45) is 0. The van der Waals surface area contributed by atoms with Gasteiger partial charge in [-0.05, 0) is 19.0 Å². The Bertz CT molecular complexity index is 286. The molecule has 0 heterocycles. The van der Waals surface area contributed by atoms with Gasteiger partial charge in [0.15, 0.2) is 0 Å². The summed E-state index contributed by atoms with van der Waals surface area (Å²) in [7, 11) is 0. The summed E-state index contributed by atoms with van der Waals surface area (Å²) in [6, 6.07) is 9.05. The predicted octanol–water partition coefficient (Wildman–Crippen LogP) is 2.37. The number of aryl methyl sites for hydroxylation is 1. The van der Waals surface area contributed by atoms with Crippen molar-refractivity contribution in [2.45, 2.75) is 19.9 Å². The molecule has 2 N–H and O–H groups in total. The molecule has 1 aromatic rings. The summed E-state index contributed by atoms with van der Waals surface area (Å²) in [5.74, 6) is 1.82. The lowest BCUT2D eigenvalue weighted by atomic mass is 10.1. The van der Waals surface area contributed by atoms with Crippen molar-refractivity contribution in [3.8, 4) is 0 Å². The molecule has 0 radical (unpaired) electrons. The zero-order valence-electron chi connectivity index (χ0n) is 10.1. The SMILES string of the molecule is CCNC(CSCCO)c1ccc(C)cc1. The van der Waals surface area contributed by atoms with E-state index in [1.54, 1.807) is 11.8 Å². The molecule has 0 amide bonds. The van der Waals surface area contributed by atoms with Gasteiger partial charge in [0.1, 0.15) is 0 Å². The normalized spacial score (nSPS) is 12.7. The van der Waals surface area contributed by atoms with Gasteiger partial charge in [-0.2, -0.15) is 11.8 Å². The third-order valence-corrected chi connectivity index (χ3v) is 3.49. The van der Waals surface area contributed by atoms with Crippen molar-refractivity contribution < 1.29 is 5.11 Å². The minimum absolute atomic E-state index is 0.261. The van der Waals surface area contributed by atoms with E-state index in [9.17, 15) is 0 Å². The molecule has 0 spiro atoms. The van der Waals surface area contributed by atoms with Crippen LogP contribution in [0.1, 0.15) is 24.1 Å². The first-order chi connectivity index (χ1) is 7.77. The number of aliphatic hydroxyl groups excluding tert-OH is 1. The Kier molecular flexibility index (Phi) is 6.53. The molecule has 0 aliphatic heterocycles. The first-order valence-corrected chi connectivity index (χ1v) is 6.92. The van der Waals surface area contributed by atoms with Crippen LogP contribution in [0.3, 0.4) is 0 Å². The highest BCUT2D eigenvalue weighted by Gasteiger charge is 2.09. The van der Waals surface area contributed by atoms with Crippen LogP contribution in [0.15, 0.2) is 24.3 Å². The first kappa shape index (κ1) is 13.6.